The summed E-state index contributed by atoms with van der Waals surface area (Å²) >= 11 is 0. The van der Waals surface area contributed by atoms with Crippen LogP contribution in [0.15, 0.2) is 36.4 Å². The van der Waals surface area contributed by atoms with Crippen LogP contribution in [-0.4, -0.2) is 7.11 Å². The smallest absolute Gasteiger partial charge is 0.165 e. The average Bonchev–Trinajstić information content (AvgIpc) is 2.32. The van der Waals surface area contributed by atoms with Gasteiger partial charge in [-0.3, -0.25) is 0 Å². The molecule has 0 unspecified atom stereocenters. The van der Waals surface area contributed by atoms with Crippen LogP contribution in [0, 0.1) is 11.6 Å². The second-order valence-electron chi connectivity index (χ2n) is 3.59. The Hall–Kier alpha value is -2.10. The Morgan fingerprint density at radius 3 is 2.41 bits per heavy atom. The first-order chi connectivity index (χ1) is 8.11. The van der Waals surface area contributed by atoms with Crippen LogP contribution in [-0.2, 0) is 0 Å². The van der Waals surface area contributed by atoms with Gasteiger partial charge in [-0.2, -0.15) is 0 Å². The van der Waals surface area contributed by atoms with Gasteiger partial charge in [0.25, 0.3) is 0 Å². The van der Waals surface area contributed by atoms with Crippen LogP contribution >= 0.6 is 0 Å². The Labute approximate surface area is 97.6 Å². The third-order valence-corrected chi connectivity index (χ3v) is 2.45. The third-order valence-electron chi connectivity index (χ3n) is 2.45. The van der Waals surface area contributed by atoms with Gasteiger partial charge < -0.3 is 10.5 Å². The molecule has 2 nitrogen and oxygen atoms in total. The maximum Gasteiger partial charge on any atom is 0.165 e. The van der Waals surface area contributed by atoms with Gasteiger partial charge in [-0.1, -0.05) is 6.07 Å². The molecule has 0 aliphatic carbocycles. The Morgan fingerprint density at radius 2 is 1.76 bits per heavy atom. The van der Waals surface area contributed by atoms with Crippen LogP contribution in [0.1, 0.15) is 0 Å². The first-order valence-electron chi connectivity index (χ1n) is 5.01. The van der Waals surface area contributed by atoms with Crippen molar-refractivity contribution in [1.29, 1.82) is 0 Å². The molecule has 2 rings (SSSR count). The Bertz CT molecular complexity index is 555. The van der Waals surface area contributed by atoms with Crippen LogP contribution in [0.3, 0.4) is 0 Å². The summed E-state index contributed by atoms with van der Waals surface area (Å²) in [4.78, 5) is 0. The predicted octanol–water partition coefficient (Wildman–Crippen LogP) is 3.22. The van der Waals surface area contributed by atoms with Crippen molar-refractivity contribution >= 4 is 5.69 Å². The lowest BCUT2D eigenvalue weighted by Crippen LogP contribution is -1.92. The molecule has 0 bridgehead atoms. The molecule has 0 heterocycles. The van der Waals surface area contributed by atoms with Crippen molar-refractivity contribution in [1.82, 2.24) is 0 Å². The van der Waals surface area contributed by atoms with E-state index in [9.17, 15) is 8.78 Å². The quantitative estimate of drug-likeness (QED) is 0.811. The highest BCUT2D eigenvalue weighted by Gasteiger charge is 2.09. The zero-order valence-electron chi connectivity index (χ0n) is 9.21. The van der Waals surface area contributed by atoms with Crippen molar-refractivity contribution in [2.75, 3.05) is 12.8 Å². The number of benzene rings is 2. The SMILES string of the molecule is COc1ccc(-c2cc(N)ccc2F)cc1F. The zero-order valence-corrected chi connectivity index (χ0v) is 9.21. The van der Waals surface area contributed by atoms with E-state index in [2.05, 4.69) is 0 Å². The van der Waals surface area contributed by atoms with E-state index in [0.29, 0.717) is 11.3 Å². The van der Waals surface area contributed by atoms with Gasteiger partial charge in [0.2, 0.25) is 0 Å². The Morgan fingerprint density at radius 1 is 1.00 bits per heavy atom. The molecule has 0 saturated carbocycles. The van der Waals surface area contributed by atoms with Crippen LogP contribution in [0.2, 0.25) is 0 Å². The van der Waals surface area contributed by atoms with Gasteiger partial charge in [-0.25, -0.2) is 8.78 Å². The second-order valence-corrected chi connectivity index (χ2v) is 3.59. The van der Waals surface area contributed by atoms with Gasteiger partial charge in [0.1, 0.15) is 5.82 Å². The van der Waals surface area contributed by atoms with Crippen LogP contribution in [0.4, 0.5) is 14.5 Å². The van der Waals surface area contributed by atoms with E-state index in [1.165, 1.54) is 37.4 Å². The molecule has 2 aromatic carbocycles. The molecule has 0 amide bonds. The minimum atomic E-state index is -0.535. The van der Waals surface area contributed by atoms with Gasteiger partial charge in [0, 0.05) is 11.3 Å². The lowest BCUT2D eigenvalue weighted by atomic mass is 10.0. The maximum atomic E-state index is 13.6. The topological polar surface area (TPSA) is 35.2 Å². The number of rotatable bonds is 2. The molecule has 0 aromatic heterocycles. The zero-order chi connectivity index (χ0) is 12.4. The van der Waals surface area contributed by atoms with Gasteiger partial charge >= 0.3 is 0 Å². The third kappa shape index (κ3) is 2.20. The van der Waals surface area contributed by atoms with Gasteiger partial charge in [-0.15, -0.1) is 0 Å². The molecule has 17 heavy (non-hydrogen) atoms. The summed E-state index contributed by atoms with van der Waals surface area (Å²) in [5.74, 6) is -0.853. The fourth-order valence-electron chi connectivity index (χ4n) is 1.60. The number of ether oxygens (including phenoxy) is 1. The fourth-order valence-corrected chi connectivity index (χ4v) is 1.60. The van der Waals surface area contributed by atoms with E-state index in [4.69, 9.17) is 10.5 Å². The highest BCUT2D eigenvalue weighted by Crippen LogP contribution is 2.28. The number of anilines is 1. The standard InChI is InChI=1S/C13H11F2NO/c1-17-13-5-2-8(6-12(13)15)10-7-9(16)3-4-11(10)14/h2-7H,16H2,1H3. The van der Waals surface area contributed by atoms with E-state index >= 15 is 0 Å². The number of hydrogen-bond acceptors (Lipinski definition) is 2. The summed E-state index contributed by atoms with van der Waals surface area (Å²) in [6, 6.07) is 8.44. The Kier molecular flexibility index (Phi) is 2.95. The molecule has 0 fully saturated rings. The van der Waals surface area contributed by atoms with Crippen molar-refractivity contribution in [2.24, 2.45) is 0 Å². The molecular formula is C13H11F2NO. The monoisotopic (exact) mass is 235 g/mol. The molecule has 0 aliphatic heterocycles. The number of methoxy groups -OCH3 is 1. The number of hydrogen-bond donors (Lipinski definition) is 1. The number of nitrogens with two attached hydrogens (primary N) is 1. The highest BCUT2D eigenvalue weighted by atomic mass is 19.1. The first-order valence-corrected chi connectivity index (χ1v) is 5.01. The van der Waals surface area contributed by atoms with Crippen molar-refractivity contribution in [3.63, 3.8) is 0 Å². The number of halogens is 2. The normalized spacial score (nSPS) is 10.3. The van der Waals surface area contributed by atoms with Crippen molar-refractivity contribution < 1.29 is 13.5 Å². The summed E-state index contributed by atoms with van der Waals surface area (Å²) < 4.78 is 31.8. The lowest BCUT2D eigenvalue weighted by Gasteiger charge is -2.07. The molecule has 0 saturated heterocycles. The molecule has 2 N–H and O–H groups in total. The minimum Gasteiger partial charge on any atom is -0.494 e. The number of nitrogen functional groups attached to an aromatic ring is 1. The summed E-state index contributed by atoms with van der Waals surface area (Å²) in [6.45, 7) is 0. The summed E-state index contributed by atoms with van der Waals surface area (Å²) in [5.41, 5.74) is 6.70. The van der Waals surface area contributed by atoms with E-state index in [0.717, 1.165) is 0 Å². The molecular weight excluding hydrogens is 224 g/mol. The van der Waals surface area contributed by atoms with Crippen molar-refractivity contribution in [2.45, 2.75) is 0 Å². The van der Waals surface area contributed by atoms with Gasteiger partial charge in [-0.05, 0) is 35.9 Å². The van der Waals surface area contributed by atoms with E-state index < -0.39 is 11.6 Å². The highest BCUT2D eigenvalue weighted by molar-refractivity contribution is 5.68. The van der Waals surface area contributed by atoms with Crippen LogP contribution in [0.5, 0.6) is 5.75 Å². The first kappa shape index (κ1) is 11.4. The van der Waals surface area contributed by atoms with E-state index in [1.54, 1.807) is 6.07 Å². The lowest BCUT2D eigenvalue weighted by molar-refractivity contribution is 0.386. The Balaban J connectivity index is 2.53. The largest absolute Gasteiger partial charge is 0.494 e. The minimum absolute atomic E-state index is 0.123. The average molecular weight is 235 g/mol. The van der Waals surface area contributed by atoms with Crippen LogP contribution < -0.4 is 10.5 Å². The fraction of sp³-hybridized carbons (Fsp3) is 0.0769. The van der Waals surface area contributed by atoms with Crippen molar-refractivity contribution in [3.05, 3.63) is 48.0 Å². The molecule has 0 radical (unpaired) electrons. The summed E-state index contributed by atoms with van der Waals surface area (Å²) in [7, 11) is 1.37. The molecule has 0 atom stereocenters. The molecule has 0 aliphatic rings. The predicted molar refractivity (Wildman–Crippen MR) is 62.8 cm³/mol. The van der Waals surface area contributed by atoms with Gasteiger partial charge in [0.05, 0.1) is 7.11 Å². The van der Waals surface area contributed by atoms with Crippen molar-refractivity contribution in [3.8, 4) is 16.9 Å². The second kappa shape index (κ2) is 4.41. The molecule has 0 spiro atoms. The summed E-state index contributed by atoms with van der Waals surface area (Å²) in [6.07, 6.45) is 0. The van der Waals surface area contributed by atoms with Crippen LogP contribution in [0.25, 0.3) is 11.1 Å². The molecule has 2 aromatic rings. The van der Waals surface area contributed by atoms with E-state index in [-0.39, 0.29) is 11.3 Å². The van der Waals surface area contributed by atoms with E-state index in [1.807, 2.05) is 0 Å². The molecule has 4 heteroatoms. The maximum absolute atomic E-state index is 13.6. The molecule has 88 valence electrons. The summed E-state index contributed by atoms with van der Waals surface area (Å²) in [5, 5.41) is 0. The van der Waals surface area contributed by atoms with Gasteiger partial charge in [0.15, 0.2) is 11.6 Å².